The third kappa shape index (κ3) is 2.47. The largest absolute Gasteiger partial charge is 0.300 e. The Labute approximate surface area is 123 Å². The average Bonchev–Trinajstić information content (AvgIpc) is 2.91. The van der Waals surface area contributed by atoms with Crippen LogP contribution in [0.25, 0.3) is 11.3 Å². The minimum atomic E-state index is -0.349. The molecule has 0 N–H and O–H groups in total. The SMILES string of the molecule is C=CCSc1nnc2c(=O)n(-c3ccc(F)cc3)ccn12. The number of nitrogens with zero attached hydrogens (tertiary/aromatic N) is 4. The number of hydrogen-bond donors (Lipinski definition) is 0. The van der Waals surface area contributed by atoms with Crippen LogP contribution in [0.5, 0.6) is 0 Å². The normalized spacial score (nSPS) is 10.9. The molecule has 3 aromatic rings. The van der Waals surface area contributed by atoms with Gasteiger partial charge in [0.2, 0.25) is 5.65 Å². The minimum Gasteiger partial charge on any atom is -0.280 e. The van der Waals surface area contributed by atoms with Gasteiger partial charge in [0, 0.05) is 23.8 Å². The summed E-state index contributed by atoms with van der Waals surface area (Å²) in [6, 6.07) is 5.69. The van der Waals surface area contributed by atoms with E-state index in [-0.39, 0.29) is 17.0 Å². The lowest BCUT2D eigenvalue weighted by molar-refractivity contribution is 0.627. The Bertz CT molecular complexity index is 854. The number of fused-ring (bicyclic) bond motifs is 1. The standard InChI is InChI=1S/C14H11FN4OS/c1-2-9-21-14-17-16-12-13(20)18(7-8-19(12)14)11-5-3-10(15)4-6-11/h2-8H,1,9H2. The van der Waals surface area contributed by atoms with Crippen LogP contribution in [0.4, 0.5) is 4.39 Å². The van der Waals surface area contributed by atoms with Crippen LogP contribution < -0.4 is 5.56 Å². The zero-order valence-electron chi connectivity index (χ0n) is 10.9. The number of halogens is 1. The van der Waals surface area contributed by atoms with Crippen molar-refractivity contribution in [3.8, 4) is 5.69 Å². The monoisotopic (exact) mass is 302 g/mol. The summed E-state index contributed by atoms with van der Waals surface area (Å²) in [5.74, 6) is 0.334. The molecule has 7 heteroatoms. The van der Waals surface area contributed by atoms with Gasteiger partial charge in [-0.25, -0.2) is 4.39 Å². The third-order valence-corrected chi connectivity index (χ3v) is 3.81. The van der Waals surface area contributed by atoms with E-state index in [0.717, 1.165) is 0 Å². The molecule has 5 nitrogen and oxygen atoms in total. The molecule has 0 atom stereocenters. The first-order valence-electron chi connectivity index (χ1n) is 6.17. The molecule has 1 aromatic carbocycles. The molecule has 0 saturated heterocycles. The Morgan fingerprint density at radius 3 is 2.71 bits per heavy atom. The maximum Gasteiger partial charge on any atom is 0.300 e. The van der Waals surface area contributed by atoms with E-state index in [1.165, 1.54) is 40.6 Å². The Morgan fingerprint density at radius 2 is 2.00 bits per heavy atom. The van der Waals surface area contributed by atoms with Gasteiger partial charge >= 0.3 is 5.56 Å². The molecule has 0 fully saturated rings. The molecule has 2 aromatic heterocycles. The van der Waals surface area contributed by atoms with Crippen molar-refractivity contribution in [2.75, 3.05) is 5.75 Å². The highest BCUT2D eigenvalue weighted by molar-refractivity contribution is 7.99. The van der Waals surface area contributed by atoms with Crippen molar-refractivity contribution in [2.45, 2.75) is 5.16 Å². The van der Waals surface area contributed by atoms with E-state index in [2.05, 4.69) is 16.8 Å². The Morgan fingerprint density at radius 1 is 1.24 bits per heavy atom. The third-order valence-electron chi connectivity index (χ3n) is 2.87. The summed E-state index contributed by atoms with van der Waals surface area (Å²) >= 11 is 1.44. The van der Waals surface area contributed by atoms with Gasteiger partial charge in [-0.2, -0.15) is 0 Å². The van der Waals surface area contributed by atoms with Gasteiger partial charge in [0.05, 0.1) is 0 Å². The summed E-state index contributed by atoms with van der Waals surface area (Å²) < 4.78 is 16.0. The van der Waals surface area contributed by atoms with E-state index >= 15 is 0 Å². The highest BCUT2D eigenvalue weighted by atomic mass is 32.2. The zero-order valence-corrected chi connectivity index (χ0v) is 11.8. The first kappa shape index (κ1) is 13.6. The molecule has 2 heterocycles. The summed E-state index contributed by atoms with van der Waals surface area (Å²) in [7, 11) is 0. The second-order valence-corrected chi connectivity index (χ2v) is 5.21. The van der Waals surface area contributed by atoms with Crippen molar-refractivity contribution in [3.63, 3.8) is 0 Å². The van der Waals surface area contributed by atoms with Crippen LogP contribution in [0.1, 0.15) is 0 Å². The predicted octanol–water partition coefficient (Wildman–Crippen LogP) is 2.30. The van der Waals surface area contributed by atoms with Crippen LogP contribution in [0.3, 0.4) is 0 Å². The fourth-order valence-corrected chi connectivity index (χ4v) is 2.55. The van der Waals surface area contributed by atoms with Gasteiger partial charge in [-0.1, -0.05) is 17.8 Å². The van der Waals surface area contributed by atoms with Crippen molar-refractivity contribution in [1.82, 2.24) is 19.2 Å². The summed E-state index contributed by atoms with van der Waals surface area (Å²) in [5.41, 5.74) is 0.502. The fourth-order valence-electron chi connectivity index (χ4n) is 1.90. The molecular weight excluding hydrogens is 291 g/mol. The second-order valence-electron chi connectivity index (χ2n) is 4.23. The minimum absolute atomic E-state index is 0.230. The molecule has 106 valence electrons. The first-order chi connectivity index (χ1) is 10.2. The molecule has 21 heavy (non-hydrogen) atoms. The van der Waals surface area contributed by atoms with Crippen molar-refractivity contribution in [3.05, 3.63) is 65.5 Å². The fraction of sp³-hybridized carbons (Fsp3) is 0.0714. The van der Waals surface area contributed by atoms with Crippen LogP contribution in [0.2, 0.25) is 0 Å². The Hall–Kier alpha value is -2.41. The Kier molecular flexibility index (Phi) is 3.57. The van der Waals surface area contributed by atoms with Crippen LogP contribution in [-0.2, 0) is 0 Å². The zero-order chi connectivity index (χ0) is 14.8. The maximum absolute atomic E-state index is 13.0. The second kappa shape index (κ2) is 5.53. The van der Waals surface area contributed by atoms with E-state index in [1.54, 1.807) is 22.9 Å². The summed E-state index contributed by atoms with van der Waals surface area (Å²) in [6.45, 7) is 3.64. The number of hydrogen-bond acceptors (Lipinski definition) is 4. The van der Waals surface area contributed by atoms with Crippen molar-refractivity contribution in [1.29, 1.82) is 0 Å². The number of thioether (sulfide) groups is 1. The quantitative estimate of drug-likeness (QED) is 0.548. The van der Waals surface area contributed by atoms with Crippen LogP contribution in [0.15, 0.2) is 59.3 Å². The molecule has 0 radical (unpaired) electrons. The van der Waals surface area contributed by atoms with Crippen LogP contribution in [-0.4, -0.2) is 24.9 Å². The highest BCUT2D eigenvalue weighted by Crippen LogP contribution is 2.15. The molecule has 0 unspecified atom stereocenters. The van der Waals surface area contributed by atoms with Gasteiger partial charge in [0.25, 0.3) is 0 Å². The molecule has 0 amide bonds. The highest BCUT2D eigenvalue weighted by Gasteiger charge is 2.11. The average molecular weight is 302 g/mol. The maximum atomic E-state index is 13.0. The molecule has 0 aliphatic heterocycles. The van der Waals surface area contributed by atoms with Gasteiger partial charge in [-0.05, 0) is 24.3 Å². The smallest absolute Gasteiger partial charge is 0.280 e. The lowest BCUT2D eigenvalue weighted by Crippen LogP contribution is -2.20. The molecule has 0 saturated carbocycles. The van der Waals surface area contributed by atoms with E-state index in [9.17, 15) is 9.18 Å². The number of rotatable bonds is 4. The van der Waals surface area contributed by atoms with E-state index < -0.39 is 0 Å². The van der Waals surface area contributed by atoms with Crippen molar-refractivity contribution in [2.24, 2.45) is 0 Å². The van der Waals surface area contributed by atoms with Crippen molar-refractivity contribution >= 4 is 17.4 Å². The first-order valence-corrected chi connectivity index (χ1v) is 7.15. The number of aromatic nitrogens is 4. The molecule has 0 aliphatic carbocycles. The molecule has 0 spiro atoms. The molecular formula is C14H11FN4OS. The van der Waals surface area contributed by atoms with E-state index in [1.807, 2.05) is 0 Å². The van der Waals surface area contributed by atoms with Gasteiger partial charge in [0.15, 0.2) is 5.16 Å². The van der Waals surface area contributed by atoms with Gasteiger partial charge < -0.3 is 0 Å². The van der Waals surface area contributed by atoms with Crippen LogP contribution in [0, 0.1) is 5.82 Å². The molecule has 3 rings (SSSR count). The van der Waals surface area contributed by atoms with Gasteiger partial charge in [-0.3, -0.25) is 13.8 Å². The summed E-state index contributed by atoms with van der Waals surface area (Å²) in [5, 5.41) is 8.56. The number of benzene rings is 1. The van der Waals surface area contributed by atoms with E-state index in [0.29, 0.717) is 16.6 Å². The lowest BCUT2D eigenvalue weighted by atomic mass is 10.3. The van der Waals surface area contributed by atoms with Gasteiger partial charge in [-0.15, -0.1) is 16.8 Å². The Balaban J connectivity index is 2.11. The van der Waals surface area contributed by atoms with Crippen LogP contribution >= 0.6 is 11.8 Å². The molecule has 0 bridgehead atoms. The van der Waals surface area contributed by atoms with E-state index in [4.69, 9.17) is 0 Å². The van der Waals surface area contributed by atoms with Gasteiger partial charge in [0.1, 0.15) is 5.82 Å². The molecule has 0 aliphatic rings. The summed E-state index contributed by atoms with van der Waals surface area (Å²) in [6.07, 6.45) is 5.08. The van der Waals surface area contributed by atoms with Crippen molar-refractivity contribution < 1.29 is 4.39 Å². The topological polar surface area (TPSA) is 52.2 Å². The lowest BCUT2D eigenvalue weighted by Gasteiger charge is -2.06. The summed E-state index contributed by atoms with van der Waals surface area (Å²) in [4.78, 5) is 12.4. The predicted molar refractivity (Wildman–Crippen MR) is 79.5 cm³/mol.